The molecule has 1 heterocycles. The van der Waals surface area contributed by atoms with E-state index in [4.69, 9.17) is 0 Å². The summed E-state index contributed by atoms with van der Waals surface area (Å²) in [4.78, 5) is 4.47. The maximum atomic E-state index is 4.47. The van der Waals surface area contributed by atoms with Crippen LogP contribution in [0.25, 0.3) is 0 Å². The molecule has 0 N–H and O–H groups in total. The van der Waals surface area contributed by atoms with Gasteiger partial charge >= 0.3 is 0 Å². The summed E-state index contributed by atoms with van der Waals surface area (Å²) in [7, 11) is 0. The van der Waals surface area contributed by atoms with Crippen LogP contribution in [0.15, 0.2) is 34.7 Å². The van der Waals surface area contributed by atoms with Gasteiger partial charge in [-0.2, -0.15) is 17.0 Å². The molecule has 0 aliphatic rings. The number of hydrogen-bond donors (Lipinski definition) is 1. The molecule has 0 saturated heterocycles. The quantitative estimate of drug-likeness (QED) is 0.646. The van der Waals surface area contributed by atoms with Crippen LogP contribution in [0.1, 0.15) is 24.2 Å². The summed E-state index contributed by atoms with van der Waals surface area (Å²) in [5.74, 6) is 3.28. The van der Waals surface area contributed by atoms with Crippen LogP contribution in [0.2, 0.25) is 0 Å². The molecule has 0 fully saturated rings. The van der Waals surface area contributed by atoms with E-state index in [0.717, 1.165) is 28.1 Å². The largest absolute Gasteiger partial charge is 0.213 e. The molecule has 18 heavy (non-hydrogen) atoms. The van der Waals surface area contributed by atoms with Crippen LogP contribution in [-0.2, 0) is 6.42 Å². The summed E-state index contributed by atoms with van der Waals surface area (Å²) >= 11 is 7.73. The number of thioether (sulfide) groups is 1. The minimum atomic E-state index is 0.466. The predicted molar refractivity (Wildman–Crippen MR) is 83.0 cm³/mol. The van der Waals surface area contributed by atoms with E-state index in [1.165, 1.54) is 17.1 Å². The molecule has 0 spiro atoms. The SMILES string of the molecule is CCc1nsc(SCC(CS)c2ccccc2)n1. The number of aromatic nitrogens is 2. The van der Waals surface area contributed by atoms with Gasteiger partial charge in [0.15, 0.2) is 4.34 Å². The molecule has 2 aromatic rings. The van der Waals surface area contributed by atoms with Crippen LogP contribution < -0.4 is 0 Å². The van der Waals surface area contributed by atoms with Crippen molar-refractivity contribution in [1.29, 1.82) is 0 Å². The Labute approximate surface area is 122 Å². The Morgan fingerprint density at radius 3 is 2.72 bits per heavy atom. The number of aryl methyl sites for hydroxylation is 1. The highest BCUT2D eigenvalue weighted by Gasteiger charge is 2.11. The molecule has 0 saturated carbocycles. The van der Waals surface area contributed by atoms with Crippen molar-refractivity contribution >= 4 is 35.9 Å². The Kier molecular flexibility index (Phi) is 5.53. The molecule has 0 amide bonds. The summed E-state index contributed by atoms with van der Waals surface area (Å²) in [5, 5.41) is 0. The second kappa shape index (κ2) is 7.16. The van der Waals surface area contributed by atoms with Crippen molar-refractivity contribution in [2.24, 2.45) is 0 Å². The minimum absolute atomic E-state index is 0.466. The highest BCUT2D eigenvalue weighted by Crippen LogP contribution is 2.28. The molecule has 1 aromatic heterocycles. The smallest absolute Gasteiger partial charge is 0.170 e. The van der Waals surface area contributed by atoms with Crippen molar-refractivity contribution < 1.29 is 0 Å². The lowest BCUT2D eigenvalue weighted by atomic mass is 10.0. The van der Waals surface area contributed by atoms with E-state index in [1.54, 1.807) is 11.8 Å². The fraction of sp³-hybridized carbons (Fsp3) is 0.385. The van der Waals surface area contributed by atoms with Crippen molar-refractivity contribution in [3.8, 4) is 0 Å². The van der Waals surface area contributed by atoms with Gasteiger partial charge in [-0.1, -0.05) is 49.0 Å². The predicted octanol–water partition coefficient (Wildman–Crippen LogP) is 3.91. The zero-order valence-corrected chi connectivity index (χ0v) is 12.8. The number of rotatable bonds is 6. The van der Waals surface area contributed by atoms with Gasteiger partial charge in [0.2, 0.25) is 0 Å². The zero-order chi connectivity index (χ0) is 12.8. The Balaban J connectivity index is 1.95. The molecule has 0 bridgehead atoms. The zero-order valence-electron chi connectivity index (χ0n) is 10.2. The summed E-state index contributed by atoms with van der Waals surface area (Å²) in [6, 6.07) is 10.5. The Morgan fingerprint density at radius 2 is 2.11 bits per heavy atom. The molecular formula is C13H16N2S3. The maximum absolute atomic E-state index is 4.47. The number of thiol groups is 1. The lowest BCUT2D eigenvalue weighted by molar-refractivity contribution is 0.896. The molecule has 5 heteroatoms. The van der Waals surface area contributed by atoms with Gasteiger partial charge in [-0.3, -0.25) is 0 Å². The fourth-order valence-corrected chi connectivity index (χ4v) is 3.96. The Morgan fingerprint density at radius 1 is 1.33 bits per heavy atom. The molecule has 96 valence electrons. The van der Waals surface area contributed by atoms with Crippen molar-refractivity contribution in [3.63, 3.8) is 0 Å². The summed E-state index contributed by atoms with van der Waals surface area (Å²) in [6.07, 6.45) is 0.908. The first-order chi connectivity index (χ1) is 8.83. The normalized spacial score (nSPS) is 12.6. The van der Waals surface area contributed by atoms with Crippen LogP contribution in [-0.4, -0.2) is 20.9 Å². The van der Waals surface area contributed by atoms with Gasteiger partial charge in [-0.15, -0.1) is 0 Å². The molecule has 0 aliphatic heterocycles. The number of benzene rings is 1. The molecule has 1 aromatic carbocycles. The van der Waals surface area contributed by atoms with Gasteiger partial charge in [0.25, 0.3) is 0 Å². The average Bonchev–Trinajstić information content (AvgIpc) is 2.89. The molecule has 0 radical (unpaired) electrons. The van der Waals surface area contributed by atoms with E-state index in [1.807, 2.05) is 6.07 Å². The highest BCUT2D eigenvalue weighted by molar-refractivity contribution is 8.01. The van der Waals surface area contributed by atoms with E-state index in [2.05, 4.69) is 53.2 Å². The average molecular weight is 296 g/mol. The van der Waals surface area contributed by atoms with Crippen molar-refractivity contribution in [2.45, 2.75) is 23.6 Å². The van der Waals surface area contributed by atoms with Crippen LogP contribution >= 0.6 is 35.9 Å². The third kappa shape index (κ3) is 3.73. The van der Waals surface area contributed by atoms with Crippen molar-refractivity contribution in [1.82, 2.24) is 9.36 Å². The van der Waals surface area contributed by atoms with Gasteiger partial charge in [0, 0.05) is 18.1 Å². The summed E-state index contributed by atoms with van der Waals surface area (Å²) in [6.45, 7) is 2.08. The maximum Gasteiger partial charge on any atom is 0.170 e. The standard InChI is InChI=1S/C13H16N2S3/c1-2-12-14-13(18-15-12)17-9-11(8-16)10-6-4-3-5-7-10/h3-7,11,16H,2,8-9H2,1H3. The van der Waals surface area contributed by atoms with E-state index in [0.29, 0.717) is 5.92 Å². The monoisotopic (exact) mass is 296 g/mol. The molecule has 2 nitrogen and oxygen atoms in total. The molecule has 1 unspecified atom stereocenters. The van der Waals surface area contributed by atoms with Crippen LogP contribution in [0.4, 0.5) is 0 Å². The Hall–Kier alpha value is -0.520. The minimum Gasteiger partial charge on any atom is -0.213 e. The summed E-state index contributed by atoms with van der Waals surface area (Å²) in [5.41, 5.74) is 1.35. The van der Waals surface area contributed by atoms with Gasteiger partial charge in [-0.25, -0.2) is 4.98 Å². The fourth-order valence-electron chi connectivity index (χ4n) is 1.59. The van der Waals surface area contributed by atoms with Crippen LogP contribution in [0.3, 0.4) is 0 Å². The Bertz CT molecular complexity index is 470. The lowest BCUT2D eigenvalue weighted by Crippen LogP contribution is -2.03. The van der Waals surface area contributed by atoms with Gasteiger partial charge in [0.1, 0.15) is 5.82 Å². The number of nitrogens with zero attached hydrogens (tertiary/aromatic N) is 2. The second-order valence-corrected chi connectivity index (χ2v) is 6.32. The number of hydrogen-bond acceptors (Lipinski definition) is 5. The van der Waals surface area contributed by atoms with Crippen molar-refractivity contribution in [3.05, 3.63) is 41.7 Å². The third-order valence-electron chi connectivity index (χ3n) is 2.67. The lowest BCUT2D eigenvalue weighted by Gasteiger charge is -2.13. The first-order valence-corrected chi connectivity index (χ1v) is 8.33. The molecular weight excluding hydrogens is 280 g/mol. The van der Waals surface area contributed by atoms with Crippen LogP contribution in [0, 0.1) is 0 Å². The van der Waals surface area contributed by atoms with Crippen LogP contribution in [0.5, 0.6) is 0 Å². The third-order valence-corrected chi connectivity index (χ3v) is 5.14. The van der Waals surface area contributed by atoms with Gasteiger partial charge in [-0.05, 0) is 22.8 Å². The molecule has 0 aliphatic carbocycles. The van der Waals surface area contributed by atoms with Gasteiger partial charge in [0.05, 0.1) is 0 Å². The second-order valence-electron chi connectivity index (χ2n) is 3.93. The highest BCUT2D eigenvalue weighted by atomic mass is 32.2. The van der Waals surface area contributed by atoms with E-state index < -0.39 is 0 Å². The van der Waals surface area contributed by atoms with E-state index in [9.17, 15) is 0 Å². The molecule has 1 atom stereocenters. The van der Waals surface area contributed by atoms with Gasteiger partial charge < -0.3 is 0 Å². The first-order valence-electron chi connectivity index (χ1n) is 5.94. The molecule has 2 rings (SSSR count). The van der Waals surface area contributed by atoms with E-state index >= 15 is 0 Å². The first kappa shape index (κ1) is 13.9. The van der Waals surface area contributed by atoms with E-state index in [-0.39, 0.29) is 0 Å². The summed E-state index contributed by atoms with van der Waals surface area (Å²) < 4.78 is 5.37. The topological polar surface area (TPSA) is 25.8 Å². The van der Waals surface area contributed by atoms with Crippen molar-refractivity contribution in [2.75, 3.05) is 11.5 Å².